The SMILES string of the molecule is COCCN(c1ccc(Br)cc1/C(N)=N/O)C(C)C1CC1. The van der Waals surface area contributed by atoms with Gasteiger partial charge in [0.05, 0.1) is 6.61 Å². The van der Waals surface area contributed by atoms with Crippen LogP contribution in [0.1, 0.15) is 25.3 Å². The smallest absolute Gasteiger partial charge is 0.172 e. The fourth-order valence-electron chi connectivity index (χ4n) is 2.58. The molecule has 1 fully saturated rings. The van der Waals surface area contributed by atoms with Crippen molar-refractivity contribution in [2.75, 3.05) is 25.2 Å². The van der Waals surface area contributed by atoms with Crippen molar-refractivity contribution in [3.8, 4) is 0 Å². The number of ether oxygens (including phenoxy) is 1. The zero-order chi connectivity index (χ0) is 15.4. The van der Waals surface area contributed by atoms with Gasteiger partial charge in [0.15, 0.2) is 5.84 Å². The highest BCUT2D eigenvalue weighted by atomic mass is 79.9. The summed E-state index contributed by atoms with van der Waals surface area (Å²) in [5.41, 5.74) is 7.55. The van der Waals surface area contributed by atoms with Crippen LogP contribution in [0.5, 0.6) is 0 Å². The van der Waals surface area contributed by atoms with E-state index in [1.54, 1.807) is 7.11 Å². The van der Waals surface area contributed by atoms with E-state index in [-0.39, 0.29) is 5.84 Å². The van der Waals surface area contributed by atoms with Crippen LogP contribution in [0.4, 0.5) is 5.69 Å². The topological polar surface area (TPSA) is 71.1 Å². The third-order valence-corrected chi connectivity index (χ3v) is 4.48. The molecule has 116 valence electrons. The minimum Gasteiger partial charge on any atom is -0.409 e. The summed E-state index contributed by atoms with van der Waals surface area (Å²) in [6.07, 6.45) is 2.53. The molecule has 1 aromatic rings. The largest absolute Gasteiger partial charge is 0.409 e. The maximum absolute atomic E-state index is 9.03. The van der Waals surface area contributed by atoms with Crippen LogP contribution in [0.3, 0.4) is 0 Å². The molecule has 1 aliphatic rings. The Morgan fingerprint density at radius 1 is 1.57 bits per heavy atom. The molecule has 0 radical (unpaired) electrons. The third-order valence-electron chi connectivity index (χ3n) is 3.98. The fourth-order valence-corrected chi connectivity index (χ4v) is 2.95. The minimum atomic E-state index is 0.122. The highest BCUT2D eigenvalue weighted by Crippen LogP contribution is 2.38. The molecule has 1 aliphatic carbocycles. The van der Waals surface area contributed by atoms with Crippen molar-refractivity contribution in [1.29, 1.82) is 0 Å². The van der Waals surface area contributed by atoms with E-state index in [1.807, 2.05) is 18.2 Å². The normalized spacial score (nSPS) is 16.8. The molecule has 0 bridgehead atoms. The summed E-state index contributed by atoms with van der Waals surface area (Å²) in [7, 11) is 1.70. The van der Waals surface area contributed by atoms with Crippen molar-refractivity contribution < 1.29 is 9.94 Å². The first kappa shape index (κ1) is 16.1. The Bertz CT molecular complexity index is 518. The van der Waals surface area contributed by atoms with Gasteiger partial charge in [-0.3, -0.25) is 0 Å². The van der Waals surface area contributed by atoms with Crippen LogP contribution in [0, 0.1) is 5.92 Å². The van der Waals surface area contributed by atoms with E-state index in [9.17, 15) is 0 Å². The molecule has 0 aliphatic heterocycles. The minimum absolute atomic E-state index is 0.122. The van der Waals surface area contributed by atoms with Gasteiger partial charge in [-0.2, -0.15) is 0 Å². The summed E-state index contributed by atoms with van der Waals surface area (Å²) in [5.74, 6) is 0.836. The molecule has 1 saturated carbocycles. The van der Waals surface area contributed by atoms with Gasteiger partial charge in [-0.05, 0) is 43.9 Å². The highest BCUT2D eigenvalue weighted by molar-refractivity contribution is 9.10. The molecule has 1 unspecified atom stereocenters. The van der Waals surface area contributed by atoms with Gasteiger partial charge in [0.25, 0.3) is 0 Å². The number of halogens is 1. The number of anilines is 1. The van der Waals surface area contributed by atoms with E-state index in [1.165, 1.54) is 12.8 Å². The molecular formula is C15H22BrN3O2. The Morgan fingerprint density at radius 2 is 2.29 bits per heavy atom. The number of hydrogen-bond donors (Lipinski definition) is 2. The van der Waals surface area contributed by atoms with Crippen LogP contribution in [-0.4, -0.2) is 37.3 Å². The van der Waals surface area contributed by atoms with Gasteiger partial charge in [-0.15, -0.1) is 0 Å². The van der Waals surface area contributed by atoms with Crippen molar-refractivity contribution in [3.63, 3.8) is 0 Å². The lowest BCUT2D eigenvalue weighted by Gasteiger charge is -2.33. The maximum Gasteiger partial charge on any atom is 0.172 e. The number of methoxy groups -OCH3 is 1. The second-order valence-electron chi connectivity index (χ2n) is 5.41. The first-order valence-electron chi connectivity index (χ1n) is 7.11. The Morgan fingerprint density at radius 3 is 2.86 bits per heavy atom. The summed E-state index contributed by atoms with van der Waals surface area (Å²) in [6, 6.07) is 6.27. The Hall–Kier alpha value is -1.27. The van der Waals surface area contributed by atoms with Crippen molar-refractivity contribution in [2.24, 2.45) is 16.8 Å². The molecule has 2 rings (SSSR count). The molecule has 3 N–H and O–H groups in total. The lowest BCUT2D eigenvalue weighted by Crippen LogP contribution is -2.38. The molecular weight excluding hydrogens is 334 g/mol. The number of amidine groups is 1. The molecule has 0 heterocycles. The lowest BCUT2D eigenvalue weighted by molar-refractivity contribution is 0.202. The van der Waals surface area contributed by atoms with E-state index in [0.29, 0.717) is 18.6 Å². The molecule has 1 aromatic carbocycles. The summed E-state index contributed by atoms with van der Waals surface area (Å²) in [4.78, 5) is 2.29. The van der Waals surface area contributed by atoms with Crippen molar-refractivity contribution in [2.45, 2.75) is 25.8 Å². The average molecular weight is 356 g/mol. The average Bonchev–Trinajstić information content (AvgIpc) is 3.32. The third kappa shape index (κ3) is 3.89. The van der Waals surface area contributed by atoms with Gasteiger partial charge in [-0.25, -0.2) is 0 Å². The lowest BCUT2D eigenvalue weighted by atomic mass is 10.1. The van der Waals surface area contributed by atoms with E-state index in [2.05, 4.69) is 32.9 Å². The van der Waals surface area contributed by atoms with Gasteiger partial charge in [0.1, 0.15) is 0 Å². The summed E-state index contributed by atoms with van der Waals surface area (Å²) >= 11 is 3.44. The van der Waals surface area contributed by atoms with Gasteiger partial charge in [0, 0.05) is 35.4 Å². The second kappa shape index (κ2) is 7.13. The fraction of sp³-hybridized carbons (Fsp3) is 0.533. The van der Waals surface area contributed by atoms with Crippen LogP contribution in [0.2, 0.25) is 0 Å². The van der Waals surface area contributed by atoms with Crippen LogP contribution in [0.15, 0.2) is 27.8 Å². The summed E-state index contributed by atoms with van der Waals surface area (Å²) < 4.78 is 6.13. The number of nitrogens with two attached hydrogens (primary N) is 1. The van der Waals surface area contributed by atoms with E-state index in [4.69, 9.17) is 15.7 Å². The number of rotatable bonds is 7. The highest BCUT2D eigenvalue weighted by Gasteiger charge is 2.33. The number of nitrogens with zero attached hydrogens (tertiary/aromatic N) is 2. The van der Waals surface area contributed by atoms with E-state index < -0.39 is 0 Å². The van der Waals surface area contributed by atoms with Crippen LogP contribution >= 0.6 is 15.9 Å². The van der Waals surface area contributed by atoms with Gasteiger partial charge >= 0.3 is 0 Å². The predicted molar refractivity (Wildman–Crippen MR) is 88.1 cm³/mol. The molecule has 0 aromatic heterocycles. The Balaban J connectivity index is 2.37. The van der Waals surface area contributed by atoms with Crippen molar-refractivity contribution >= 4 is 27.5 Å². The first-order valence-corrected chi connectivity index (χ1v) is 7.90. The van der Waals surface area contributed by atoms with Gasteiger partial charge < -0.3 is 20.6 Å². The van der Waals surface area contributed by atoms with Crippen LogP contribution in [-0.2, 0) is 4.74 Å². The molecule has 0 amide bonds. The van der Waals surface area contributed by atoms with Gasteiger partial charge in [-0.1, -0.05) is 21.1 Å². The monoisotopic (exact) mass is 355 g/mol. The van der Waals surface area contributed by atoms with Crippen LogP contribution < -0.4 is 10.6 Å². The van der Waals surface area contributed by atoms with Crippen LogP contribution in [0.25, 0.3) is 0 Å². The molecule has 21 heavy (non-hydrogen) atoms. The van der Waals surface area contributed by atoms with E-state index in [0.717, 1.165) is 22.3 Å². The molecule has 6 heteroatoms. The van der Waals surface area contributed by atoms with E-state index >= 15 is 0 Å². The molecule has 1 atom stereocenters. The number of benzene rings is 1. The maximum atomic E-state index is 9.03. The molecule has 0 spiro atoms. The first-order chi connectivity index (χ1) is 10.1. The number of hydrogen-bond acceptors (Lipinski definition) is 4. The zero-order valence-corrected chi connectivity index (χ0v) is 14.0. The van der Waals surface area contributed by atoms with Crippen molar-refractivity contribution in [3.05, 3.63) is 28.2 Å². The quantitative estimate of drug-likeness (QED) is 0.341. The number of oxime groups is 1. The second-order valence-corrected chi connectivity index (χ2v) is 6.33. The standard InChI is InChI=1S/C15H22BrN3O2/c1-10(11-3-4-11)19(7-8-21-2)14-6-5-12(16)9-13(14)15(17)18-20/h5-6,9-11,20H,3-4,7-8H2,1-2H3,(H2,17,18). The Labute approximate surface area is 133 Å². The summed E-state index contributed by atoms with van der Waals surface area (Å²) in [6.45, 7) is 3.65. The zero-order valence-electron chi connectivity index (χ0n) is 12.4. The molecule has 5 nitrogen and oxygen atoms in total. The predicted octanol–water partition coefficient (Wildman–Crippen LogP) is 2.79. The van der Waals surface area contributed by atoms with Gasteiger partial charge in [0.2, 0.25) is 0 Å². The Kier molecular flexibility index (Phi) is 5.47. The summed E-state index contributed by atoms with van der Waals surface area (Å²) in [5, 5.41) is 12.2. The van der Waals surface area contributed by atoms with Crippen molar-refractivity contribution in [1.82, 2.24) is 0 Å². The molecule has 0 saturated heterocycles.